The van der Waals surface area contributed by atoms with Crippen molar-refractivity contribution in [3.8, 4) is 0 Å². The van der Waals surface area contributed by atoms with Crippen molar-refractivity contribution in [3.63, 3.8) is 0 Å². The fourth-order valence-electron chi connectivity index (χ4n) is 5.01. The molecule has 2 aliphatic rings. The van der Waals surface area contributed by atoms with E-state index in [2.05, 4.69) is 5.32 Å². The third-order valence-corrected chi connectivity index (χ3v) is 5.94. The third-order valence-electron chi connectivity index (χ3n) is 5.94. The van der Waals surface area contributed by atoms with Crippen molar-refractivity contribution in [2.75, 3.05) is 13.1 Å². The Morgan fingerprint density at radius 3 is 2.32 bits per heavy atom. The van der Waals surface area contributed by atoms with Crippen molar-refractivity contribution < 1.29 is 19.3 Å². The molecular formula is C21H29N5O5. The maximum Gasteiger partial charge on any atom is 0.318 e. The quantitative estimate of drug-likeness (QED) is 0.317. The topological polar surface area (TPSA) is 139 Å². The molecule has 0 radical (unpaired) electrons. The summed E-state index contributed by atoms with van der Waals surface area (Å²) in [6.07, 6.45) is 1.77. The number of imide groups is 1. The lowest BCUT2D eigenvalue weighted by Crippen LogP contribution is -2.67. The Morgan fingerprint density at radius 2 is 1.74 bits per heavy atom. The molecule has 31 heavy (non-hydrogen) atoms. The monoisotopic (exact) mass is 431 g/mol. The number of nitrogens with zero attached hydrogens (tertiary/aromatic N) is 3. The van der Waals surface area contributed by atoms with E-state index in [0.717, 1.165) is 11.0 Å². The molecule has 2 aliphatic heterocycles. The van der Waals surface area contributed by atoms with Gasteiger partial charge < -0.3 is 16.0 Å². The van der Waals surface area contributed by atoms with Crippen LogP contribution < -0.4 is 11.1 Å². The van der Waals surface area contributed by atoms with Crippen LogP contribution in [0.2, 0.25) is 0 Å². The summed E-state index contributed by atoms with van der Waals surface area (Å²) in [7, 11) is 0. The molecule has 2 heterocycles. The number of urea groups is 1. The van der Waals surface area contributed by atoms with Gasteiger partial charge in [-0.2, -0.15) is 0 Å². The summed E-state index contributed by atoms with van der Waals surface area (Å²) < 4.78 is 0. The first-order valence-electron chi connectivity index (χ1n) is 10.3. The number of likely N-dealkylation sites (tertiary alicyclic amines) is 1. The second kappa shape index (κ2) is 7.92. The zero-order chi connectivity index (χ0) is 23.1. The summed E-state index contributed by atoms with van der Waals surface area (Å²) in [5, 5.41) is 13.8. The van der Waals surface area contributed by atoms with Gasteiger partial charge in [0.1, 0.15) is 0 Å². The van der Waals surface area contributed by atoms with Crippen LogP contribution in [-0.4, -0.2) is 62.8 Å². The number of nitro groups is 1. The van der Waals surface area contributed by atoms with Crippen LogP contribution in [0.1, 0.15) is 67.7 Å². The lowest BCUT2D eigenvalue weighted by Gasteiger charge is -2.54. The smallest absolute Gasteiger partial charge is 0.318 e. The van der Waals surface area contributed by atoms with E-state index in [4.69, 9.17) is 5.73 Å². The number of nitrogens with two attached hydrogens (primary N) is 1. The maximum atomic E-state index is 12.9. The average Bonchev–Trinajstić information content (AvgIpc) is 2.86. The van der Waals surface area contributed by atoms with Crippen LogP contribution in [0, 0.1) is 10.1 Å². The van der Waals surface area contributed by atoms with Crippen LogP contribution in [-0.2, 0) is 0 Å². The number of non-ortho nitro benzene ring substituents is 1. The van der Waals surface area contributed by atoms with Gasteiger partial charge in [0.2, 0.25) is 0 Å². The number of nitrogens with one attached hydrogen (secondary N) is 1. The lowest BCUT2D eigenvalue weighted by molar-refractivity contribution is -0.384. The highest BCUT2D eigenvalue weighted by Gasteiger charge is 2.47. The van der Waals surface area contributed by atoms with Gasteiger partial charge in [-0.25, -0.2) is 4.79 Å². The first kappa shape index (κ1) is 22.7. The van der Waals surface area contributed by atoms with Gasteiger partial charge in [-0.1, -0.05) is 0 Å². The average molecular weight is 431 g/mol. The number of benzene rings is 1. The molecule has 10 nitrogen and oxygen atoms in total. The zero-order valence-corrected chi connectivity index (χ0v) is 18.3. The van der Waals surface area contributed by atoms with Gasteiger partial charge in [0.05, 0.1) is 16.1 Å². The molecule has 1 aromatic carbocycles. The third kappa shape index (κ3) is 4.25. The van der Waals surface area contributed by atoms with E-state index in [0.29, 0.717) is 19.3 Å². The summed E-state index contributed by atoms with van der Waals surface area (Å²) in [5.41, 5.74) is 5.32. The van der Waals surface area contributed by atoms with Crippen LogP contribution >= 0.6 is 0 Å². The standard InChI is InChI=1S/C21H29N5O5/c1-20(2)11-13(22)12-21(3,4)25(20)19(29)23-8-5-9-24-17(27)15-7-6-14(26(30)31)10-16(15)18(24)28/h6-7,10,13H,5,8-9,11-12,22H2,1-4H3,(H,23,29). The maximum absolute atomic E-state index is 12.9. The number of hydrogen-bond acceptors (Lipinski definition) is 6. The highest BCUT2D eigenvalue weighted by molar-refractivity contribution is 6.21. The lowest BCUT2D eigenvalue weighted by atomic mass is 9.77. The molecule has 0 aliphatic carbocycles. The van der Waals surface area contributed by atoms with Crippen LogP contribution in [0.25, 0.3) is 0 Å². The second-order valence-electron chi connectivity index (χ2n) is 9.46. The number of carbonyl (C=O) groups excluding carboxylic acids is 3. The van der Waals surface area contributed by atoms with Gasteiger partial charge in [0, 0.05) is 42.3 Å². The molecule has 3 N–H and O–H groups in total. The second-order valence-corrected chi connectivity index (χ2v) is 9.46. The summed E-state index contributed by atoms with van der Waals surface area (Å²) in [6, 6.07) is 3.46. The van der Waals surface area contributed by atoms with Crippen LogP contribution in [0.5, 0.6) is 0 Å². The Kier molecular flexibility index (Phi) is 5.79. The van der Waals surface area contributed by atoms with Gasteiger partial charge in [-0.05, 0) is 53.0 Å². The van der Waals surface area contributed by atoms with Gasteiger partial charge in [-0.3, -0.25) is 24.6 Å². The molecule has 1 saturated heterocycles. The number of rotatable bonds is 5. The molecule has 0 atom stereocenters. The Morgan fingerprint density at radius 1 is 1.16 bits per heavy atom. The van der Waals surface area contributed by atoms with E-state index in [9.17, 15) is 24.5 Å². The molecule has 1 aromatic rings. The summed E-state index contributed by atoms with van der Waals surface area (Å²) in [5.74, 6) is -1.03. The van der Waals surface area contributed by atoms with Crippen molar-refractivity contribution in [3.05, 3.63) is 39.4 Å². The van der Waals surface area contributed by atoms with E-state index in [1.54, 1.807) is 0 Å². The summed E-state index contributed by atoms with van der Waals surface area (Å²) in [4.78, 5) is 51.1. The van der Waals surface area contributed by atoms with Crippen molar-refractivity contribution in [1.29, 1.82) is 0 Å². The molecule has 1 fully saturated rings. The fraction of sp³-hybridized carbons (Fsp3) is 0.571. The molecular weight excluding hydrogens is 402 g/mol. The number of amides is 4. The Balaban J connectivity index is 1.58. The highest BCUT2D eigenvalue weighted by Crippen LogP contribution is 2.37. The van der Waals surface area contributed by atoms with E-state index >= 15 is 0 Å². The molecule has 0 unspecified atom stereocenters. The van der Waals surface area contributed by atoms with Gasteiger partial charge in [0.25, 0.3) is 17.5 Å². The van der Waals surface area contributed by atoms with Crippen molar-refractivity contribution in [2.45, 2.75) is 64.1 Å². The van der Waals surface area contributed by atoms with Crippen molar-refractivity contribution in [2.24, 2.45) is 5.73 Å². The normalized spacial score (nSPS) is 20.0. The van der Waals surface area contributed by atoms with Gasteiger partial charge >= 0.3 is 6.03 Å². The van der Waals surface area contributed by atoms with Crippen LogP contribution in [0.4, 0.5) is 10.5 Å². The molecule has 0 saturated carbocycles. The molecule has 0 aromatic heterocycles. The molecule has 10 heteroatoms. The number of nitro benzene ring substituents is 1. The first-order valence-corrected chi connectivity index (χ1v) is 10.3. The molecule has 3 rings (SSSR count). The molecule has 168 valence electrons. The molecule has 0 spiro atoms. The first-order chi connectivity index (χ1) is 14.3. The van der Waals surface area contributed by atoms with Gasteiger partial charge in [0.15, 0.2) is 0 Å². The van der Waals surface area contributed by atoms with E-state index < -0.39 is 27.8 Å². The largest absolute Gasteiger partial charge is 0.338 e. The Labute approximate surface area is 180 Å². The van der Waals surface area contributed by atoms with Gasteiger partial charge in [-0.15, -0.1) is 0 Å². The minimum Gasteiger partial charge on any atom is -0.338 e. The number of fused-ring (bicyclic) bond motifs is 1. The van der Waals surface area contributed by atoms with E-state index in [1.807, 2.05) is 32.6 Å². The minimum atomic E-state index is -0.604. The fourth-order valence-corrected chi connectivity index (χ4v) is 5.01. The SMILES string of the molecule is CC1(C)CC(N)CC(C)(C)N1C(=O)NCCCN1C(=O)c2ccc([N+](=O)[O-])cc2C1=O. The van der Waals surface area contributed by atoms with E-state index in [-0.39, 0.29) is 42.0 Å². The Bertz CT molecular complexity index is 924. The summed E-state index contributed by atoms with van der Waals surface area (Å²) in [6.45, 7) is 8.35. The predicted molar refractivity (Wildman–Crippen MR) is 114 cm³/mol. The van der Waals surface area contributed by atoms with E-state index in [1.165, 1.54) is 12.1 Å². The zero-order valence-electron chi connectivity index (χ0n) is 18.3. The Hall–Kier alpha value is -3.01. The number of hydrogen-bond donors (Lipinski definition) is 2. The highest BCUT2D eigenvalue weighted by atomic mass is 16.6. The van der Waals surface area contributed by atoms with Crippen molar-refractivity contribution >= 4 is 23.5 Å². The number of carbonyl (C=O) groups is 3. The molecule has 0 bridgehead atoms. The van der Waals surface area contributed by atoms with Crippen LogP contribution in [0.3, 0.4) is 0 Å². The summed E-state index contributed by atoms with van der Waals surface area (Å²) >= 11 is 0. The van der Waals surface area contributed by atoms with Crippen molar-refractivity contribution in [1.82, 2.24) is 15.1 Å². The number of piperidine rings is 1. The van der Waals surface area contributed by atoms with Crippen LogP contribution in [0.15, 0.2) is 18.2 Å². The molecule has 4 amide bonds. The minimum absolute atomic E-state index is 0.0266. The predicted octanol–water partition coefficient (Wildman–Crippen LogP) is 2.27.